The Balaban J connectivity index is 2.83. The van der Waals surface area contributed by atoms with Gasteiger partial charge in [0.25, 0.3) is 0 Å². The molecule has 0 fully saturated rings. The van der Waals surface area contributed by atoms with Crippen LogP contribution in [0.2, 0.25) is 0 Å². The van der Waals surface area contributed by atoms with Gasteiger partial charge in [0.1, 0.15) is 5.84 Å². The van der Waals surface area contributed by atoms with Gasteiger partial charge in [0, 0.05) is 24.0 Å². The van der Waals surface area contributed by atoms with E-state index in [4.69, 9.17) is 5.73 Å². The van der Waals surface area contributed by atoms with Crippen LogP contribution in [-0.2, 0) is 0 Å². The van der Waals surface area contributed by atoms with E-state index in [0.29, 0.717) is 5.84 Å². The van der Waals surface area contributed by atoms with Gasteiger partial charge in [-0.3, -0.25) is 4.99 Å². The van der Waals surface area contributed by atoms with E-state index in [0.717, 1.165) is 18.7 Å². The molecule has 0 atom stereocenters. The van der Waals surface area contributed by atoms with Gasteiger partial charge in [-0.25, -0.2) is 0 Å². The van der Waals surface area contributed by atoms with Crippen molar-refractivity contribution < 1.29 is 0 Å². The Labute approximate surface area is 91.5 Å². The first kappa shape index (κ1) is 11.6. The van der Waals surface area contributed by atoms with Crippen molar-refractivity contribution in [3.63, 3.8) is 0 Å². The number of amidine groups is 1. The number of hydrogen-bond donors (Lipinski definition) is 2. The molecule has 3 heteroatoms. The fourth-order valence-electron chi connectivity index (χ4n) is 1.48. The van der Waals surface area contributed by atoms with Crippen molar-refractivity contribution in [3.05, 3.63) is 35.2 Å². The van der Waals surface area contributed by atoms with Crippen molar-refractivity contribution in [2.24, 2.45) is 10.7 Å². The summed E-state index contributed by atoms with van der Waals surface area (Å²) in [6.45, 7) is 6.89. The number of nitrogens with one attached hydrogen (secondary N) is 1. The molecule has 1 heterocycles. The molecule has 15 heavy (non-hydrogen) atoms. The van der Waals surface area contributed by atoms with Gasteiger partial charge in [0.05, 0.1) is 0 Å². The second-order valence-electron chi connectivity index (χ2n) is 3.54. The SMILES string of the molecule is CCN=C(N)/C=C1/C=C(C)C=C(CC)N1. The zero-order valence-corrected chi connectivity index (χ0v) is 9.67. The van der Waals surface area contributed by atoms with Crippen molar-refractivity contribution in [2.75, 3.05) is 6.54 Å². The van der Waals surface area contributed by atoms with Gasteiger partial charge in [-0.15, -0.1) is 0 Å². The van der Waals surface area contributed by atoms with Gasteiger partial charge in [-0.05, 0) is 38.0 Å². The lowest BCUT2D eigenvalue weighted by Crippen LogP contribution is -2.18. The standard InChI is InChI=1S/C12H19N3/c1-4-10-6-9(3)7-11(15-10)8-12(13)14-5-2/h6-8,15H,4-5H2,1-3H3,(H2,13,14)/b11-8-. The number of aliphatic imine (C=N–C) groups is 1. The van der Waals surface area contributed by atoms with Crippen LogP contribution in [0.1, 0.15) is 27.2 Å². The second kappa shape index (κ2) is 5.39. The Bertz CT molecular complexity index is 346. The zero-order chi connectivity index (χ0) is 11.3. The van der Waals surface area contributed by atoms with E-state index in [1.165, 1.54) is 11.3 Å². The highest BCUT2D eigenvalue weighted by atomic mass is 14.9. The lowest BCUT2D eigenvalue weighted by Gasteiger charge is -2.15. The van der Waals surface area contributed by atoms with Crippen molar-refractivity contribution >= 4 is 5.84 Å². The summed E-state index contributed by atoms with van der Waals surface area (Å²) in [6, 6.07) is 0. The number of allylic oxidation sites excluding steroid dienone is 4. The second-order valence-corrected chi connectivity index (χ2v) is 3.54. The van der Waals surface area contributed by atoms with Crippen molar-refractivity contribution in [1.82, 2.24) is 5.32 Å². The zero-order valence-electron chi connectivity index (χ0n) is 9.67. The number of dihydropyridines is 1. The molecule has 1 rings (SSSR count). The molecular formula is C12H19N3. The van der Waals surface area contributed by atoms with Crippen LogP contribution in [0, 0.1) is 0 Å². The molecule has 0 aliphatic carbocycles. The van der Waals surface area contributed by atoms with E-state index in [2.05, 4.69) is 36.3 Å². The van der Waals surface area contributed by atoms with Crippen molar-refractivity contribution in [3.8, 4) is 0 Å². The molecule has 0 saturated heterocycles. The highest BCUT2D eigenvalue weighted by molar-refractivity contribution is 5.92. The maximum atomic E-state index is 5.73. The summed E-state index contributed by atoms with van der Waals surface area (Å²) >= 11 is 0. The molecule has 3 nitrogen and oxygen atoms in total. The third-order valence-corrected chi connectivity index (χ3v) is 2.11. The molecule has 3 N–H and O–H groups in total. The minimum absolute atomic E-state index is 0.571. The van der Waals surface area contributed by atoms with E-state index in [9.17, 15) is 0 Å². The first-order valence-electron chi connectivity index (χ1n) is 5.33. The molecule has 0 aromatic carbocycles. The van der Waals surface area contributed by atoms with Gasteiger partial charge < -0.3 is 11.1 Å². The predicted molar refractivity (Wildman–Crippen MR) is 65.5 cm³/mol. The summed E-state index contributed by atoms with van der Waals surface area (Å²) in [5.41, 5.74) is 9.20. The minimum atomic E-state index is 0.571. The van der Waals surface area contributed by atoms with Gasteiger partial charge in [-0.1, -0.05) is 6.92 Å². The van der Waals surface area contributed by atoms with Gasteiger partial charge in [0.2, 0.25) is 0 Å². The topological polar surface area (TPSA) is 50.4 Å². The van der Waals surface area contributed by atoms with Crippen LogP contribution >= 0.6 is 0 Å². The van der Waals surface area contributed by atoms with Crippen molar-refractivity contribution in [2.45, 2.75) is 27.2 Å². The summed E-state index contributed by atoms with van der Waals surface area (Å²) in [5, 5.41) is 3.31. The summed E-state index contributed by atoms with van der Waals surface area (Å²) in [5.74, 6) is 0.571. The first-order chi connectivity index (χ1) is 7.15. The van der Waals surface area contributed by atoms with Crippen molar-refractivity contribution in [1.29, 1.82) is 0 Å². The molecule has 0 unspecified atom stereocenters. The highest BCUT2D eigenvalue weighted by Crippen LogP contribution is 2.13. The lowest BCUT2D eigenvalue weighted by molar-refractivity contribution is 0.894. The lowest BCUT2D eigenvalue weighted by atomic mass is 10.1. The van der Waals surface area contributed by atoms with E-state index < -0.39 is 0 Å². The maximum absolute atomic E-state index is 5.73. The number of nitrogens with zero attached hydrogens (tertiary/aromatic N) is 1. The third-order valence-electron chi connectivity index (χ3n) is 2.11. The monoisotopic (exact) mass is 205 g/mol. The Hall–Kier alpha value is -1.51. The summed E-state index contributed by atoms with van der Waals surface area (Å²) in [7, 11) is 0. The van der Waals surface area contributed by atoms with Crippen LogP contribution in [0.25, 0.3) is 0 Å². The average molecular weight is 205 g/mol. The molecule has 0 spiro atoms. The van der Waals surface area contributed by atoms with Crippen LogP contribution < -0.4 is 11.1 Å². The smallest absolute Gasteiger partial charge is 0.120 e. The van der Waals surface area contributed by atoms with Gasteiger partial charge >= 0.3 is 0 Å². The van der Waals surface area contributed by atoms with Gasteiger partial charge in [0.15, 0.2) is 0 Å². The Morgan fingerprint density at radius 3 is 2.80 bits per heavy atom. The molecule has 1 aliphatic rings. The fraction of sp³-hybridized carbons (Fsp3) is 0.417. The maximum Gasteiger partial charge on any atom is 0.120 e. The van der Waals surface area contributed by atoms with Crippen LogP contribution in [0.4, 0.5) is 0 Å². The Morgan fingerprint density at radius 1 is 1.47 bits per heavy atom. The molecule has 0 aromatic rings. The normalized spacial score (nSPS) is 19.7. The summed E-state index contributed by atoms with van der Waals surface area (Å²) in [4.78, 5) is 4.12. The van der Waals surface area contributed by atoms with Crippen LogP contribution in [0.15, 0.2) is 40.2 Å². The summed E-state index contributed by atoms with van der Waals surface area (Å²) in [6.07, 6.45) is 7.07. The van der Waals surface area contributed by atoms with E-state index >= 15 is 0 Å². The van der Waals surface area contributed by atoms with Crippen LogP contribution in [0.3, 0.4) is 0 Å². The van der Waals surface area contributed by atoms with E-state index in [1.807, 2.05) is 13.0 Å². The molecule has 0 bridgehead atoms. The van der Waals surface area contributed by atoms with Crippen LogP contribution in [0.5, 0.6) is 0 Å². The highest BCUT2D eigenvalue weighted by Gasteiger charge is 2.04. The molecular weight excluding hydrogens is 186 g/mol. The molecule has 0 radical (unpaired) electrons. The van der Waals surface area contributed by atoms with Crippen LogP contribution in [-0.4, -0.2) is 12.4 Å². The number of hydrogen-bond acceptors (Lipinski definition) is 2. The largest absolute Gasteiger partial charge is 0.384 e. The average Bonchev–Trinajstić information content (AvgIpc) is 2.17. The molecule has 0 amide bonds. The molecule has 82 valence electrons. The fourth-order valence-corrected chi connectivity index (χ4v) is 1.48. The number of rotatable bonds is 3. The van der Waals surface area contributed by atoms with E-state index in [1.54, 1.807) is 0 Å². The minimum Gasteiger partial charge on any atom is -0.384 e. The molecule has 0 aromatic heterocycles. The first-order valence-corrected chi connectivity index (χ1v) is 5.33. The van der Waals surface area contributed by atoms with Gasteiger partial charge in [-0.2, -0.15) is 0 Å². The summed E-state index contributed by atoms with van der Waals surface area (Å²) < 4.78 is 0. The third kappa shape index (κ3) is 3.62. The molecule has 1 aliphatic heterocycles. The Kier molecular flexibility index (Phi) is 4.16. The molecule has 0 saturated carbocycles. The quantitative estimate of drug-likeness (QED) is 0.547. The van der Waals surface area contributed by atoms with E-state index in [-0.39, 0.29) is 0 Å². The Morgan fingerprint density at radius 2 is 2.20 bits per heavy atom. The number of nitrogens with two attached hydrogens (primary N) is 1. The predicted octanol–water partition coefficient (Wildman–Crippen LogP) is 2.09.